The molecule has 176 valence electrons. The Balaban J connectivity index is 2.18. The number of carbonyl (C=O) groups excluding carboxylic acids is 2. The third-order valence-electron chi connectivity index (χ3n) is 4.70. The Hall–Kier alpha value is -2.19. The Morgan fingerprint density at radius 3 is 1.61 bits per heavy atom. The lowest BCUT2D eigenvalue weighted by Crippen LogP contribution is -2.12. The van der Waals surface area contributed by atoms with Gasteiger partial charge in [-0.15, -0.1) is 0 Å². The van der Waals surface area contributed by atoms with Crippen LogP contribution < -0.4 is 0 Å². The highest BCUT2D eigenvalue weighted by molar-refractivity contribution is 5.72. The molecule has 0 saturated carbocycles. The van der Waals surface area contributed by atoms with Crippen LogP contribution in [0, 0.1) is 29.1 Å². The molecule has 0 aromatic heterocycles. The summed E-state index contributed by atoms with van der Waals surface area (Å²) in [7, 11) is 0. The Bertz CT molecular complexity index is 695. The lowest BCUT2D eigenvalue weighted by molar-refractivity contribution is -0.146. The van der Waals surface area contributed by atoms with Crippen LogP contribution in [0.3, 0.4) is 0 Å². The van der Waals surface area contributed by atoms with Crippen molar-refractivity contribution >= 4 is 11.9 Å². The molecule has 9 heteroatoms. The first-order chi connectivity index (χ1) is 14.8. The van der Waals surface area contributed by atoms with Gasteiger partial charge in [-0.05, 0) is 12.8 Å². The molecular formula is C22H29F5O4. The van der Waals surface area contributed by atoms with E-state index in [0.717, 1.165) is 19.3 Å². The van der Waals surface area contributed by atoms with Crippen molar-refractivity contribution in [3.05, 3.63) is 34.6 Å². The van der Waals surface area contributed by atoms with Crippen molar-refractivity contribution < 1.29 is 41.0 Å². The van der Waals surface area contributed by atoms with Gasteiger partial charge in [0, 0.05) is 12.8 Å². The number of unbranched alkanes of at least 4 members (excludes halogenated alkanes) is 7. The second kappa shape index (κ2) is 14.8. The number of halogens is 5. The van der Waals surface area contributed by atoms with E-state index in [-0.39, 0.29) is 19.3 Å². The van der Waals surface area contributed by atoms with Crippen LogP contribution in [0.2, 0.25) is 0 Å². The van der Waals surface area contributed by atoms with E-state index in [1.165, 1.54) is 32.1 Å². The molecule has 1 rings (SSSR count). The molecule has 31 heavy (non-hydrogen) atoms. The number of hydrogen-bond acceptors (Lipinski definition) is 4. The summed E-state index contributed by atoms with van der Waals surface area (Å²) < 4.78 is 75.8. The molecule has 1 aromatic carbocycles. The zero-order valence-electron chi connectivity index (χ0n) is 17.7. The van der Waals surface area contributed by atoms with Gasteiger partial charge in [0.1, 0.15) is 6.61 Å². The predicted molar refractivity (Wildman–Crippen MR) is 103 cm³/mol. The van der Waals surface area contributed by atoms with Crippen LogP contribution in [0.4, 0.5) is 22.0 Å². The summed E-state index contributed by atoms with van der Waals surface area (Å²) in [5.41, 5.74) is -1.23. The maximum Gasteiger partial charge on any atom is 0.306 e. The van der Waals surface area contributed by atoms with Crippen LogP contribution in [0.25, 0.3) is 0 Å². The van der Waals surface area contributed by atoms with E-state index >= 15 is 0 Å². The van der Waals surface area contributed by atoms with E-state index in [4.69, 9.17) is 4.74 Å². The maximum absolute atomic E-state index is 13.5. The van der Waals surface area contributed by atoms with Crippen LogP contribution in [0.1, 0.15) is 83.1 Å². The topological polar surface area (TPSA) is 52.6 Å². The molecule has 0 aliphatic rings. The van der Waals surface area contributed by atoms with Crippen molar-refractivity contribution in [1.82, 2.24) is 0 Å². The molecule has 0 N–H and O–H groups in total. The summed E-state index contributed by atoms with van der Waals surface area (Å²) in [5.74, 6) is -12.0. The number of hydrogen-bond donors (Lipinski definition) is 0. The summed E-state index contributed by atoms with van der Waals surface area (Å²) in [6.45, 7) is 1.37. The Labute approximate surface area is 179 Å². The van der Waals surface area contributed by atoms with Gasteiger partial charge in [0.05, 0.1) is 12.2 Å². The molecule has 0 amide bonds. The van der Waals surface area contributed by atoms with Crippen LogP contribution >= 0.6 is 0 Å². The Kier molecular flexibility index (Phi) is 12.8. The van der Waals surface area contributed by atoms with Crippen molar-refractivity contribution in [2.75, 3.05) is 6.61 Å². The molecule has 0 heterocycles. The zero-order chi connectivity index (χ0) is 23.2. The molecule has 0 aliphatic carbocycles. The average Bonchev–Trinajstić information content (AvgIpc) is 2.75. The number of carbonyl (C=O) groups is 2. The van der Waals surface area contributed by atoms with E-state index in [2.05, 4.69) is 11.7 Å². The third kappa shape index (κ3) is 9.65. The minimum atomic E-state index is -2.28. The third-order valence-corrected chi connectivity index (χ3v) is 4.70. The summed E-state index contributed by atoms with van der Waals surface area (Å²) in [4.78, 5) is 23.2. The van der Waals surface area contributed by atoms with Gasteiger partial charge in [-0.3, -0.25) is 9.59 Å². The van der Waals surface area contributed by atoms with Crippen molar-refractivity contribution in [3.63, 3.8) is 0 Å². The highest BCUT2D eigenvalue weighted by atomic mass is 19.2. The van der Waals surface area contributed by atoms with Gasteiger partial charge in [0.2, 0.25) is 5.82 Å². The molecule has 4 nitrogen and oxygen atoms in total. The van der Waals surface area contributed by atoms with Crippen molar-refractivity contribution in [2.24, 2.45) is 0 Å². The fraction of sp³-hybridized carbons (Fsp3) is 0.636. The molecule has 1 aromatic rings. The minimum absolute atomic E-state index is 0.0470. The minimum Gasteiger partial charge on any atom is -0.466 e. The van der Waals surface area contributed by atoms with E-state index < -0.39 is 53.2 Å². The van der Waals surface area contributed by atoms with Gasteiger partial charge >= 0.3 is 11.9 Å². The number of ether oxygens (including phenoxy) is 2. The largest absolute Gasteiger partial charge is 0.466 e. The number of benzene rings is 1. The second-order valence-electron chi connectivity index (χ2n) is 7.26. The highest BCUT2D eigenvalue weighted by Crippen LogP contribution is 2.23. The fourth-order valence-corrected chi connectivity index (χ4v) is 2.87. The quantitative estimate of drug-likeness (QED) is 0.103. The zero-order valence-corrected chi connectivity index (χ0v) is 17.7. The molecule has 0 bridgehead atoms. The van der Waals surface area contributed by atoms with Crippen LogP contribution in [0.15, 0.2) is 0 Å². The summed E-state index contributed by atoms with van der Waals surface area (Å²) in [6.07, 6.45) is 8.69. The van der Waals surface area contributed by atoms with Crippen molar-refractivity contribution in [2.45, 2.75) is 84.2 Å². The lowest BCUT2D eigenvalue weighted by atomic mass is 10.1. The maximum atomic E-state index is 13.5. The molecule has 0 unspecified atom stereocenters. The van der Waals surface area contributed by atoms with Crippen LogP contribution in [-0.4, -0.2) is 18.5 Å². The average molecular weight is 452 g/mol. The predicted octanol–water partition coefficient (Wildman–Crippen LogP) is 6.28. The Morgan fingerprint density at radius 2 is 1.06 bits per heavy atom. The molecule has 0 atom stereocenters. The van der Waals surface area contributed by atoms with Crippen molar-refractivity contribution in [3.8, 4) is 0 Å². The summed E-state index contributed by atoms with van der Waals surface area (Å²) >= 11 is 0. The molecular weight excluding hydrogens is 423 g/mol. The van der Waals surface area contributed by atoms with Crippen LogP contribution in [-0.2, 0) is 25.7 Å². The highest BCUT2D eigenvalue weighted by Gasteiger charge is 2.26. The van der Waals surface area contributed by atoms with E-state index in [9.17, 15) is 31.5 Å². The summed E-state index contributed by atoms with van der Waals surface area (Å²) in [5, 5.41) is 0. The van der Waals surface area contributed by atoms with Gasteiger partial charge in [-0.25, -0.2) is 22.0 Å². The fourth-order valence-electron chi connectivity index (χ4n) is 2.87. The molecule has 0 spiro atoms. The Morgan fingerprint density at radius 1 is 0.613 bits per heavy atom. The molecule has 0 aliphatic heterocycles. The number of esters is 2. The van der Waals surface area contributed by atoms with E-state index in [0.29, 0.717) is 6.61 Å². The second-order valence-corrected chi connectivity index (χ2v) is 7.26. The first kappa shape index (κ1) is 26.8. The summed E-state index contributed by atoms with van der Waals surface area (Å²) in [6, 6.07) is 0. The van der Waals surface area contributed by atoms with Gasteiger partial charge in [0.25, 0.3) is 0 Å². The normalized spacial score (nSPS) is 10.9. The first-order valence-electron chi connectivity index (χ1n) is 10.6. The van der Waals surface area contributed by atoms with Gasteiger partial charge in [-0.1, -0.05) is 51.9 Å². The van der Waals surface area contributed by atoms with Gasteiger partial charge in [0.15, 0.2) is 23.3 Å². The van der Waals surface area contributed by atoms with E-state index in [1.54, 1.807) is 0 Å². The first-order valence-corrected chi connectivity index (χ1v) is 10.6. The molecule has 0 fully saturated rings. The smallest absolute Gasteiger partial charge is 0.306 e. The lowest BCUT2D eigenvalue weighted by Gasteiger charge is -2.09. The molecule has 0 radical (unpaired) electrons. The standard InChI is InChI=1S/C22H29F5O4/c1-2-3-4-5-6-7-8-9-13-30-16(28)11-10-12-17(29)31-14-15-18(23)20(25)22(27)21(26)19(15)24/h2-14H2,1H3. The monoisotopic (exact) mass is 452 g/mol. The number of rotatable bonds is 15. The van der Waals surface area contributed by atoms with Gasteiger partial charge < -0.3 is 9.47 Å². The van der Waals surface area contributed by atoms with Crippen molar-refractivity contribution in [1.29, 1.82) is 0 Å². The molecule has 0 saturated heterocycles. The SMILES string of the molecule is CCCCCCCCCCOC(=O)CCCC(=O)OCc1c(F)c(F)c(F)c(F)c1F. The van der Waals surface area contributed by atoms with Crippen LogP contribution in [0.5, 0.6) is 0 Å². The van der Waals surface area contributed by atoms with E-state index in [1.807, 2.05) is 0 Å². The van der Waals surface area contributed by atoms with Gasteiger partial charge in [-0.2, -0.15) is 0 Å².